The molecule has 0 amide bonds. The summed E-state index contributed by atoms with van der Waals surface area (Å²) in [6.07, 6.45) is -1.35. The van der Waals surface area contributed by atoms with E-state index in [1.807, 2.05) is 30.3 Å². The van der Waals surface area contributed by atoms with E-state index in [0.717, 1.165) is 5.56 Å². The number of rotatable bonds is 4. The molecule has 2 aromatic carbocycles. The third-order valence-electron chi connectivity index (χ3n) is 3.73. The second-order valence-electron chi connectivity index (χ2n) is 5.48. The standard InChI is InChI=1S/C18H14Cl3NO3/c19-18(20,21)17(24)13-6-8-14(16-12(13)7-9-15(23)22-16)25-10-11-4-2-1-3-5-11/h1-9,17,24H,10H2,(H,22,23). The summed E-state index contributed by atoms with van der Waals surface area (Å²) in [5.41, 5.74) is 1.52. The maximum Gasteiger partial charge on any atom is 0.248 e. The van der Waals surface area contributed by atoms with E-state index < -0.39 is 9.90 Å². The number of benzene rings is 2. The second-order valence-corrected chi connectivity index (χ2v) is 7.85. The molecular weight excluding hydrogens is 385 g/mol. The smallest absolute Gasteiger partial charge is 0.248 e. The van der Waals surface area contributed by atoms with Crippen LogP contribution in [0.3, 0.4) is 0 Å². The van der Waals surface area contributed by atoms with Crippen LogP contribution in [0.25, 0.3) is 10.9 Å². The summed E-state index contributed by atoms with van der Waals surface area (Å²) >= 11 is 17.4. The summed E-state index contributed by atoms with van der Waals surface area (Å²) < 4.78 is 3.94. The number of aliphatic hydroxyl groups is 1. The highest BCUT2D eigenvalue weighted by atomic mass is 35.6. The van der Waals surface area contributed by atoms with Crippen LogP contribution in [0.15, 0.2) is 59.4 Å². The van der Waals surface area contributed by atoms with Crippen LogP contribution in [-0.4, -0.2) is 13.9 Å². The second kappa shape index (κ2) is 7.26. The number of aliphatic hydroxyl groups excluding tert-OH is 1. The Kier molecular flexibility index (Phi) is 5.25. The Hall–Kier alpha value is -1.72. The van der Waals surface area contributed by atoms with Gasteiger partial charge in [-0.2, -0.15) is 0 Å². The highest BCUT2D eigenvalue weighted by Crippen LogP contribution is 2.42. The Morgan fingerprint density at radius 2 is 1.76 bits per heavy atom. The van der Waals surface area contributed by atoms with E-state index in [9.17, 15) is 9.90 Å². The van der Waals surface area contributed by atoms with Crippen molar-refractivity contribution in [2.45, 2.75) is 16.5 Å². The van der Waals surface area contributed by atoms with Crippen molar-refractivity contribution in [2.75, 3.05) is 0 Å². The lowest BCUT2D eigenvalue weighted by Gasteiger charge is -2.21. The summed E-state index contributed by atoms with van der Waals surface area (Å²) in [4.78, 5) is 14.5. The largest absolute Gasteiger partial charge is 0.487 e. The van der Waals surface area contributed by atoms with E-state index >= 15 is 0 Å². The molecular formula is C18H14Cl3NO3. The van der Waals surface area contributed by atoms with Gasteiger partial charge < -0.3 is 14.8 Å². The maximum atomic E-state index is 11.7. The third kappa shape index (κ3) is 4.10. The van der Waals surface area contributed by atoms with Gasteiger partial charge in [0.2, 0.25) is 9.35 Å². The van der Waals surface area contributed by atoms with Gasteiger partial charge in [0.1, 0.15) is 18.5 Å². The molecule has 25 heavy (non-hydrogen) atoms. The molecule has 0 radical (unpaired) electrons. The molecule has 0 bridgehead atoms. The van der Waals surface area contributed by atoms with Crippen molar-refractivity contribution in [3.05, 3.63) is 76.1 Å². The fourth-order valence-electron chi connectivity index (χ4n) is 2.52. The molecule has 3 rings (SSSR count). The number of H-pyrrole nitrogens is 1. The molecule has 2 N–H and O–H groups in total. The molecule has 7 heteroatoms. The number of halogens is 3. The zero-order valence-electron chi connectivity index (χ0n) is 12.9. The lowest BCUT2D eigenvalue weighted by atomic mass is 10.0. The minimum atomic E-state index is -1.89. The quantitative estimate of drug-likeness (QED) is 0.636. The van der Waals surface area contributed by atoms with Crippen molar-refractivity contribution >= 4 is 45.7 Å². The van der Waals surface area contributed by atoms with E-state index in [2.05, 4.69) is 4.98 Å². The third-order valence-corrected chi connectivity index (χ3v) is 4.35. The minimum absolute atomic E-state index is 0.294. The average Bonchev–Trinajstić information content (AvgIpc) is 2.59. The number of nitrogens with one attached hydrogen (secondary N) is 1. The summed E-state index contributed by atoms with van der Waals surface area (Å²) in [7, 11) is 0. The number of pyridine rings is 1. The molecule has 1 atom stereocenters. The van der Waals surface area contributed by atoms with Crippen molar-refractivity contribution in [1.82, 2.24) is 4.98 Å². The van der Waals surface area contributed by atoms with Crippen LogP contribution in [0.1, 0.15) is 17.2 Å². The van der Waals surface area contributed by atoms with Gasteiger partial charge in [-0.25, -0.2) is 0 Å². The first kappa shape index (κ1) is 18.1. The molecule has 0 aliphatic heterocycles. The van der Waals surface area contributed by atoms with Crippen molar-refractivity contribution in [1.29, 1.82) is 0 Å². The number of aromatic amines is 1. The number of fused-ring (bicyclic) bond motifs is 1. The Balaban J connectivity index is 2.03. The first-order valence-corrected chi connectivity index (χ1v) is 8.57. The van der Waals surface area contributed by atoms with E-state index in [4.69, 9.17) is 39.5 Å². The first-order valence-electron chi connectivity index (χ1n) is 7.44. The van der Waals surface area contributed by atoms with Crippen molar-refractivity contribution < 1.29 is 9.84 Å². The number of alkyl halides is 3. The molecule has 4 nitrogen and oxygen atoms in total. The molecule has 0 aliphatic carbocycles. The van der Waals surface area contributed by atoms with Gasteiger partial charge in [-0.05, 0) is 23.3 Å². The molecule has 0 saturated heterocycles. The molecule has 1 heterocycles. The molecule has 1 unspecified atom stereocenters. The molecule has 3 aromatic rings. The molecule has 0 saturated carbocycles. The van der Waals surface area contributed by atoms with Crippen LogP contribution in [0.2, 0.25) is 0 Å². The predicted octanol–water partition coefficient (Wildman–Crippen LogP) is 4.51. The van der Waals surface area contributed by atoms with Gasteiger partial charge in [0.25, 0.3) is 0 Å². The molecule has 0 spiro atoms. The number of hydrogen-bond acceptors (Lipinski definition) is 3. The lowest BCUT2D eigenvalue weighted by Crippen LogP contribution is -2.17. The van der Waals surface area contributed by atoms with Crippen molar-refractivity contribution in [2.24, 2.45) is 0 Å². The van der Waals surface area contributed by atoms with Gasteiger partial charge in [-0.1, -0.05) is 71.2 Å². The van der Waals surface area contributed by atoms with E-state index in [1.165, 1.54) is 6.07 Å². The van der Waals surface area contributed by atoms with Crippen LogP contribution in [0, 0.1) is 0 Å². The van der Waals surface area contributed by atoms with Gasteiger partial charge in [-0.3, -0.25) is 4.79 Å². The molecule has 0 aliphatic rings. The summed E-state index contributed by atoms with van der Waals surface area (Å²) in [6, 6.07) is 15.8. The predicted molar refractivity (Wildman–Crippen MR) is 101 cm³/mol. The van der Waals surface area contributed by atoms with Gasteiger partial charge in [0, 0.05) is 11.5 Å². The fraction of sp³-hybridized carbons (Fsp3) is 0.167. The highest BCUT2D eigenvalue weighted by molar-refractivity contribution is 6.68. The van der Waals surface area contributed by atoms with Crippen molar-refractivity contribution in [3.63, 3.8) is 0 Å². The monoisotopic (exact) mass is 397 g/mol. The Morgan fingerprint density at radius 3 is 2.44 bits per heavy atom. The van der Waals surface area contributed by atoms with Crippen LogP contribution in [-0.2, 0) is 6.61 Å². The first-order chi connectivity index (χ1) is 11.9. The SMILES string of the molecule is O=c1ccc2c(C(O)C(Cl)(Cl)Cl)ccc(OCc3ccccc3)c2[nH]1. The Labute approximate surface area is 158 Å². The summed E-state index contributed by atoms with van der Waals surface area (Å²) in [5.74, 6) is 0.469. The van der Waals surface area contributed by atoms with Crippen LogP contribution in [0.4, 0.5) is 0 Å². The van der Waals surface area contributed by atoms with Crippen LogP contribution >= 0.6 is 34.8 Å². The van der Waals surface area contributed by atoms with Gasteiger partial charge in [0.15, 0.2) is 0 Å². The summed E-state index contributed by atoms with van der Waals surface area (Å²) in [5, 5.41) is 10.8. The Morgan fingerprint density at radius 1 is 1.04 bits per heavy atom. The molecule has 130 valence electrons. The topological polar surface area (TPSA) is 62.3 Å². The number of aromatic nitrogens is 1. The summed E-state index contributed by atoms with van der Waals surface area (Å²) in [6.45, 7) is 0.333. The van der Waals surface area contributed by atoms with Gasteiger partial charge in [0.05, 0.1) is 5.52 Å². The number of hydrogen-bond donors (Lipinski definition) is 2. The zero-order chi connectivity index (χ0) is 18.0. The van der Waals surface area contributed by atoms with E-state index in [0.29, 0.717) is 28.8 Å². The normalized spacial score (nSPS) is 13.0. The molecule has 0 fully saturated rings. The molecule has 1 aromatic heterocycles. The highest BCUT2D eigenvalue weighted by Gasteiger charge is 2.33. The zero-order valence-corrected chi connectivity index (χ0v) is 15.1. The van der Waals surface area contributed by atoms with Crippen LogP contribution in [0.5, 0.6) is 5.75 Å². The van der Waals surface area contributed by atoms with Crippen molar-refractivity contribution in [3.8, 4) is 5.75 Å². The lowest BCUT2D eigenvalue weighted by molar-refractivity contribution is 0.184. The Bertz CT molecular complexity index is 936. The fourth-order valence-corrected chi connectivity index (χ4v) is 2.87. The minimum Gasteiger partial charge on any atom is -0.487 e. The maximum absolute atomic E-state index is 11.7. The van der Waals surface area contributed by atoms with Gasteiger partial charge in [-0.15, -0.1) is 0 Å². The van der Waals surface area contributed by atoms with Crippen LogP contribution < -0.4 is 10.3 Å². The average molecular weight is 399 g/mol. The van der Waals surface area contributed by atoms with E-state index in [1.54, 1.807) is 18.2 Å². The van der Waals surface area contributed by atoms with Gasteiger partial charge >= 0.3 is 0 Å². The number of ether oxygens (including phenoxy) is 1. The van der Waals surface area contributed by atoms with E-state index in [-0.39, 0.29) is 5.56 Å².